The lowest BCUT2D eigenvalue weighted by atomic mass is 9.91. The summed E-state index contributed by atoms with van der Waals surface area (Å²) < 4.78 is 0. The van der Waals surface area contributed by atoms with Gasteiger partial charge in [-0.15, -0.1) is 0 Å². The van der Waals surface area contributed by atoms with Crippen LogP contribution in [0.2, 0.25) is 0 Å². The van der Waals surface area contributed by atoms with Crippen molar-refractivity contribution in [2.24, 2.45) is 0 Å². The molecule has 3 nitrogen and oxygen atoms in total. The molecular formula is C51H35N3. The standard InChI is InChI=1S/C51H35N3/c1-5-14-36(15-6-1)39-24-28-42(29-25-39)49-52-50(54-51(53-49)46-23-13-22-44(34-46)37-16-7-2-8-17-37)43-30-26-41(27-31-43)48-35-45(38-18-9-3-10-19-38)32-33-47(48)40-20-11-4-12-21-40/h1-35H. The Morgan fingerprint density at radius 2 is 0.500 bits per heavy atom. The Bertz CT molecular complexity index is 2660. The molecule has 9 aromatic rings. The number of hydrogen-bond donors (Lipinski definition) is 0. The maximum Gasteiger partial charge on any atom is 0.164 e. The van der Waals surface area contributed by atoms with Crippen LogP contribution in [0, 0.1) is 0 Å². The van der Waals surface area contributed by atoms with E-state index in [2.05, 4.69) is 200 Å². The highest BCUT2D eigenvalue weighted by Gasteiger charge is 2.15. The largest absolute Gasteiger partial charge is 0.208 e. The van der Waals surface area contributed by atoms with E-state index in [0.717, 1.165) is 38.9 Å². The van der Waals surface area contributed by atoms with Crippen LogP contribution in [0.3, 0.4) is 0 Å². The fraction of sp³-hybridized carbons (Fsp3) is 0. The molecule has 0 aliphatic heterocycles. The van der Waals surface area contributed by atoms with Crippen LogP contribution in [0.5, 0.6) is 0 Å². The van der Waals surface area contributed by atoms with Crippen molar-refractivity contribution in [3.05, 3.63) is 212 Å². The van der Waals surface area contributed by atoms with Gasteiger partial charge in [0.05, 0.1) is 0 Å². The third-order valence-electron chi connectivity index (χ3n) is 9.78. The highest BCUT2D eigenvalue weighted by Crippen LogP contribution is 2.37. The Kier molecular flexibility index (Phi) is 8.94. The predicted molar refractivity (Wildman–Crippen MR) is 223 cm³/mol. The second-order valence-electron chi connectivity index (χ2n) is 13.3. The van der Waals surface area contributed by atoms with Gasteiger partial charge in [-0.3, -0.25) is 0 Å². The number of hydrogen-bond acceptors (Lipinski definition) is 3. The van der Waals surface area contributed by atoms with Gasteiger partial charge < -0.3 is 0 Å². The van der Waals surface area contributed by atoms with Crippen LogP contribution in [-0.4, -0.2) is 15.0 Å². The molecule has 8 aromatic carbocycles. The van der Waals surface area contributed by atoms with E-state index in [1.54, 1.807) is 0 Å². The summed E-state index contributed by atoms with van der Waals surface area (Å²) in [5.74, 6) is 1.89. The molecule has 0 atom stereocenters. The van der Waals surface area contributed by atoms with Gasteiger partial charge in [-0.2, -0.15) is 0 Å². The monoisotopic (exact) mass is 689 g/mol. The molecule has 1 heterocycles. The van der Waals surface area contributed by atoms with Gasteiger partial charge in [0.15, 0.2) is 17.5 Å². The summed E-state index contributed by atoms with van der Waals surface area (Å²) in [6.45, 7) is 0. The smallest absolute Gasteiger partial charge is 0.164 e. The minimum Gasteiger partial charge on any atom is -0.208 e. The minimum atomic E-state index is 0.625. The van der Waals surface area contributed by atoms with E-state index in [1.165, 1.54) is 33.4 Å². The second-order valence-corrected chi connectivity index (χ2v) is 13.3. The van der Waals surface area contributed by atoms with Crippen LogP contribution in [0.4, 0.5) is 0 Å². The summed E-state index contributed by atoms with van der Waals surface area (Å²) in [6.07, 6.45) is 0. The van der Waals surface area contributed by atoms with Gasteiger partial charge in [-0.25, -0.2) is 15.0 Å². The van der Waals surface area contributed by atoms with Crippen LogP contribution in [0.15, 0.2) is 212 Å². The topological polar surface area (TPSA) is 38.7 Å². The van der Waals surface area contributed by atoms with Gasteiger partial charge in [-0.05, 0) is 67.8 Å². The van der Waals surface area contributed by atoms with Crippen molar-refractivity contribution >= 4 is 0 Å². The fourth-order valence-electron chi connectivity index (χ4n) is 6.94. The van der Waals surface area contributed by atoms with E-state index in [9.17, 15) is 0 Å². The molecule has 0 saturated carbocycles. The summed E-state index contributed by atoms with van der Waals surface area (Å²) in [7, 11) is 0. The molecule has 254 valence electrons. The molecule has 0 N–H and O–H groups in total. The highest BCUT2D eigenvalue weighted by atomic mass is 15.0. The molecule has 0 unspecified atom stereocenters. The molecule has 0 aliphatic rings. The lowest BCUT2D eigenvalue weighted by molar-refractivity contribution is 1.07. The van der Waals surface area contributed by atoms with E-state index < -0.39 is 0 Å². The van der Waals surface area contributed by atoms with E-state index in [-0.39, 0.29) is 0 Å². The van der Waals surface area contributed by atoms with Gasteiger partial charge >= 0.3 is 0 Å². The predicted octanol–water partition coefficient (Wildman–Crippen LogP) is 13.2. The number of nitrogens with zero attached hydrogens (tertiary/aromatic N) is 3. The number of benzene rings is 8. The second kappa shape index (κ2) is 14.8. The Morgan fingerprint density at radius 3 is 1.02 bits per heavy atom. The van der Waals surface area contributed by atoms with E-state index in [4.69, 9.17) is 15.0 Å². The van der Waals surface area contributed by atoms with Gasteiger partial charge in [-0.1, -0.05) is 200 Å². The Balaban J connectivity index is 1.14. The molecular weight excluding hydrogens is 655 g/mol. The molecule has 0 amide bonds. The molecule has 3 heteroatoms. The Labute approximate surface area is 316 Å². The van der Waals surface area contributed by atoms with Crippen LogP contribution in [0.1, 0.15) is 0 Å². The molecule has 0 bridgehead atoms. The van der Waals surface area contributed by atoms with Crippen molar-refractivity contribution in [3.8, 4) is 89.8 Å². The Morgan fingerprint density at radius 1 is 0.185 bits per heavy atom. The van der Waals surface area contributed by atoms with Crippen molar-refractivity contribution in [2.45, 2.75) is 0 Å². The molecule has 0 radical (unpaired) electrons. The molecule has 1 aromatic heterocycles. The Hall–Kier alpha value is -7.23. The quantitative estimate of drug-likeness (QED) is 0.159. The number of aromatic nitrogens is 3. The van der Waals surface area contributed by atoms with Crippen molar-refractivity contribution < 1.29 is 0 Å². The summed E-state index contributed by atoms with van der Waals surface area (Å²) in [4.78, 5) is 15.2. The van der Waals surface area contributed by atoms with Gasteiger partial charge in [0.25, 0.3) is 0 Å². The van der Waals surface area contributed by atoms with E-state index in [1.807, 2.05) is 12.1 Å². The molecule has 9 rings (SSSR count). The molecule has 0 fully saturated rings. The minimum absolute atomic E-state index is 0.625. The van der Waals surface area contributed by atoms with Crippen molar-refractivity contribution in [1.29, 1.82) is 0 Å². The fourth-order valence-corrected chi connectivity index (χ4v) is 6.94. The zero-order valence-corrected chi connectivity index (χ0v) is 29.5. The van der Waals surface area contributed by atoms with Gasteiger partial charge in [0.2, 0.25) is 0 Å². The average molecular weight is 690 g/mol. The SMILES string of the molecule is c1ccc(-c2ccc(-c3nc(-c4ccc(-c5cc(-c6ccccc6)ccc5-c5ccccc5)cc4)nc(-c4cccc(-c5ccccc5)c4)n3)cc2)cc1. The van der Waals surface area contributed by atoms with Crippen LogP contribution >= 0.6 is 0 Å². The summed E-state index contributed by atoms with van der Waals surface area (Å²) in [5, 5.41) is 0. The first-order valence-corrected chi connectivity index (χ1v) is 18.2. The zero-order chi connectivity index (χ0) is 36.1. The van der Waals surface area contributed by atoms with Crippen LogP contribution in [0.25, 0.3) is 89.8 Å². The van der Waals surface area contributed by atoms with E-state index in [0.29, 0.717) is 17.5 Å². The molecule has 0 saturated heterocycles. The zero-order valence-electron chi connectivity index (χ0n) is 29.5. The molecule has 54 heavy (non-hydrogen) atoms. The third-order valence-corrected chi connectivity index (χ3v) is 9.78. The lowest BCUT2D eigenvalue weighted by Crippen LogP contribution is -2.00. The van der Waals surface area contributed by atoms with Crippen LogP contribution < -0.4 is 0 Å². The summed E-state index contributed by atoms with van der Waals surface area (Å²) >= 11 is 0. The maximum absolute atomic E-state index is 5.10. The molecule has 0 spiro atoms. The number of rotatable bonds is 8. The van der Waals surface area contributed by atoms with Gasteiger partial charge in [0, 0.05) is 16.7 Å². The van der Waals surface area contributed by atoms with Crippen LogP contribution in [-0.2, 0) is 0 Å². The first-order chi connectivity index (χ1) is 26.7. The maximum atomic E-state index is 5.10. The highest BCUT2D eigenvalue weighted by molar-refractivity contribution is 5.88. The van der Waals surface area contributed by atoms with Crippen molar-refractivity contribution in [1.82, 2.24) is 15.0 Å². The first-order valence-electron chi connectivity index (χ1n) is 18.2. The van der Waals surface area contributed by atoms with Crippen molar-refractivity contribution in [2.75, 3.05) is 0 Å². The summed E-state index contributed by atoms with van der Waals surface area (Å²) in [5.41, 5.74) is 14.4. The molecule has 0 aliphatic carbocycles. The van der Waals surface area contributed by atoms with E-state index >= 15 is 0 Å². The average Bonchev–Trinajstić information content (AvgIpc) is 3.27. The van der Waals surface area contributed by atoms with Gasteiger partial charge in [0.1, 0.15) is 0 Å². The third kappa shape index (κ3) is 6.87. The first kappa shape index (κ1) is 32.7. The van der Waals surface area contributed by atoms with Crippen molar-refractivity contribution in [3.63, 3.8) is 0 Å². The lowest BCUT2D eigenvalue weighted by Gasteiger charge is -2.14. The normalized spacial score (nSPS) is 11.0. The summed E-state index contributed by atoms with van der Waals surface area (Å²) in [6, 6.07) is 74.2.